The summed E-state index contributed by atoms with van der Waals surface area (Å²) in [6.45, 7) is 18.8. The van der Waals surface area contributed by atoms with Gasteiger partial charge in [0.25, 0.3) is 11.9 Å². The van der Waals surface area contributed by atoms with Crippen molar-refractivity contribution in [2.24, 2.45) is 0 Å². The van der Waals surface area contributed by atoms with E-state index in [-0.39, 0.29) is 18.0 Å². The third kappa shape index (κ3) is 22.5. The van der Waals surface area contributed by atoms with Crippen molar-refractivity contribution in [3.63, 3.8) is 0 Å². The van der Waals surface area contributed by atoms with Crippen LogP contribution in [-0.4, -0.2) is 43.0 Å². The standard InChI is InChI=1S/C23H50O5Si3/c1-29(2,3)26-21(20-23(25)28-31(7,8)9)18-16-14-12-10-11-13-15-17-19-22(24)27-30(4,5)6/h21H,10-20H2,1-9H3. The van der Waals surface area contributed by atoms with E-state index < -0.39 is 25.0 Å². The van der Waals surface area contributed by atoms with Gasteiger partial charge in [-0.2, -0.15) is 0 Å². The zero-order valence-electron chi connectivity index (χ0n) is 21.9. The monoisotopic (exact) mass is 490 g/mol. The summed E-state index contributed by atoms with van der Waals surface area (Å²) >= 11 is 0. The summed E-state index contributed by atoms with van der Waals surface area (Å²) < 4.78 is 17.4. The fraction of sp³-hybridized carbons (Fsp3) is 0.913. The molecule has 0 radical (unpaired) electrons. The number of carbonyl (C=O) groups is 2. The molecule has 0 aromatic heterocycles. The van der Waals surface area contributed by atoms with E-state index in [2.05, 4.69) is 19.6 Å². The third-order valence-electron chi connectivity index (χ3n) is 4.41. The molecule has 0 rings (SSSR count). The van der Waals surface area contributed by atoms with Gasteiger partial charge in [-0.25, -0.2) is 0 Å². The molecule has 5 nitrogen and oxygen atoms in total. The Balaban J connectivity index is 3.94. The van der Waals surface area contributed by atoms with Crippen LogP contribution in [0.4, 0.5) is 0 Å². The van der Waals surface area contributed by atoms with Crippen LogP contribution in [0.2, 0.25) is 58.9 Å². The Hall–Kier alpha value is -0.449. The second-order valence-electron chi connectivity index (χ2n) is 11.6. The van der Waals surface area contributed by atoms with E-state index in [1.807, 2.05) is 39.3 Å². The molecule has 1 unspecified atom stereocenters. The van der Waals surface area contributed by atoms with Crippen LogP contribution in [0.5, 0.6) is 0 Å². The predicted molar refractivity (Wildman–Crippen MR) is 138 cm³/mol. The lowest BCUT2D eigenvalue weighted by Crippen LogP contribution is -2.36. The molecule has 0 fully saturated rings. The maximum atomic E-state index is 12.2. The molecule has 0 N–H and O–H groups in total. The van der Waals surface area contributed by atoms with Crippen LogP contribution in [0.25, 0.3) is 0 Å². The van der Waals surface area contributed by atoms with Crippen LogP contribution in [0, 0.1) is 0 Å². The van der Waals surface area contributed by atoms with E-state index in [4.69, 9.17) is 13.3 Å². The smallest absolute Gasteiger partial charge is 0.295 e. The van der Waals surface area contributed by atoms with Crippen LogP contribution in [0.15, 0.2) is 0 Å². The molecule has 1 atom stereocenters. The van der Waals surface area contributed by atoms with Crippen LogP contribution >= 0.6 is 0 Å². The fourth-order valence-electron chi connectivity index (χ4n) is 3.37. The molecule has 0 aliphatic heterocycles. The number of hydrogen-bond acceptors (Lipinski definition) is 5. The van der Waals surface area contributed by atoms with Gasteiger partial charge in [0.2, 0.25) is 16.6 Å². The summed E-state index contributed by atoms with van der Waals surface area (Å²) in [4.78, 5) is 24.0. The lowest BCUT2D eigenvalue weighted by Gasteiger charge is -2.27. The number of rotatable bonds is 17. The van der Waals surface area contributed by atoms with Gasteiger partial charge in [-0.05, 0) is 71.8 Å². The maximum Gasteiger partial charge on any atom is 0.295 e. The minimum atomic E-state index is -1.84. The topological polar surface area (TPSA) is 61.8 Å². The Bertz CT molecular complexity index is 519. The lowest BCUT2D eigenvalue weighted by atomic mass is 10.0. The Morgan fingerprint density at radius 1 is 0.581 bits per heavy atom. The predicted octanol–water partition coefficient (Wildman–Crippen LogP) is 7.25. The van der Waals surface area contributed by atoms with Crippen molar-refractivity contribution in [3.05, 3.63) is 0 Å². The Labute approximate surface area is 195 Å². The minimum absolute atomic E-state index is 0.00793. The van der Waals surface area contributed by atoms with Crippen LogP contribution in [0.1, 0.15) is 70.6 Å². The highest BCUT2D eigenvalue weighted by Gasteiger charge is 2.26. The molecule has 0 aliphatic carbocycles. The zero-order chi connectivity index (χ0) is 24.1. The average molecular weight is 491 g/mol. The summed E-state index contributed by atoms with van der Waals surface area (Å²) in [6, 6.07) is 0. The van der Waals surface area contributed by atoms with E-state index in [9.17, 15) is 9.59 Å². The molecular formula is C23H50O5Si3. The highest BCUT2D eigenvalue weighted by molar-refractivity contribution is 6.71. The van der Waals surface area contributed by atoms with Gasteiger partial charge in [-0.3, -0.25) is 9.59 Å². The highest BCUT2D eigenvalue weighted by Crippen LogP contribution is 2.19. The van der Waals surface area contributed by atoms with E-state index in [0.29, 0.717) is 12.8 Å². The molecule has 0 saturated carbocycles. The van der Waals surface area contributed by atoms with E-state index in [1.165, 1.54) is 32.1 Å². The first kappa shape index (κ1) is 30.6. The lowest BCUT2D eigenvalue weighted by molar-refractivity contribution is -0.137. The van der Waals surface area contributed by atoms with Gasteiger partial charge in [-0.1, -0.05) is 44.9 Å². The van der Waals surface area contributed by atoms with Gasteiger partial charge in [0.1, 0.15) is 0 Å². The summed E-state index contributed by atoms with van der Waals surface area (Å²) in [7, 11) is -5.27. The molecule has 0 saturated heterocycles. The van der Waals surface area contributed by atoms with Crippen molar-refractivity contribution in [2.45, 2.75) is 136 Å². The van der Waals surface area contributed by atoms with Gasteiger partial charge < -0.3 is 13.3 Å². The molecule has 0 heterocycles. The Morgan fingerprint density at radius 3 is 1.45 bits per heavy atom. The van der Waals surface area contributed by atoms with Crippen molar-refractivity contribution in [1.29, 1.82) is 0 Å². The fourth-order valence-corrected chi connectivity index (χ4v) is 6.12. The van der Waals surface area contributed by atoms with E-state index >= 15 is 0 Å². The normalized spacial score (nSPS) is 13.7. The van der Waals surface area contributed by atoms with Gasteiger partial charge in [-0.15, -0.1) is 0 Å². The maximum absolute atomic E-state index is 12.2. The molecule has 8 heteroatoms. The number of hydrogen-bond donors (Lipinski definition) is 0. The van der Waals surface area contributed by atoms with Crippen LogP contribution < -0.4 is 0 Å². The second kappa shape index (κ2) is 14.6. The summed E-state index contributed by atoms with van der Waals surface area (Å²) in [5, 5.41) is 0. The van der Waals surface area contributed by atoms with Crippen LogP contribution in [-0.2, 0) is 22.9 Å². The molecule has 0 aromatic rings. The second-order valence-corrected chi connectivity index (χ2v) is 24.9. The van der Waals surface area contributed by atoms with Gasteiger partial charge in [0, 0.05) is 6.42 Å². The van der Waals surface area contributed by atoms with Crippen molar-refractivity contribution < 1.29 is 22.9 Å². The summed E-state index contributed by atoms with van der Waals surface area (Å²) in [5.74, 6) is -0.126. The highest BCUT2D eigenvalue weighted by atomic mass is 28.4. The number of unbranched alkanes of at least 4 members (excludes halogenated alkanes) is 7. The van der Waals surface area contributed by atoms with E-state index in [1.54, 1.807) is 0 Å². The molecule has 0 spiro atoms. The molecule has 31 heavy (non-hydrogen) atoms. The molecule has 0 aromatic carbocycles. The van der Waals surface area contributed by atoms with Gasteiger partial charge >= 0.3 is 0 Å². The quantitative estimate of drug-likeness (QED) is 0.159. The first-order valence-corrected chi connectivity index (χ1v) is 22.4. The molecule has 184 valence electrons. The Kier molecular flexibility index (Phi) is 14.4. The summed E-state index contributed by atoms with van der Waals surface area (Å²) in [6.07, 6.45) is 11.0. The van der Waals surface area contributed by atoms with Crippen molar-refractivity contribution in [3.8, 4) is 0 Å². The Morgan fingerprint density at radius 2 is 1.00 bits per heavy atom. The third-order valence-corrected chi connectivity index (χ3v) is 7.13. The van der Waals surface area contributed by atoms with Gasteiger partial charge in [0.05, 0.1) is 12.5 Å². The largest absolute Gasteiger partial charge is 0.520 e. The zero-order valence-corrected chi connectivity index (χ0v) is 24.9. The molecular weight excluding hydrogens is 441 g/mol. The first-order valence-electron chi connectivity index (χ1n) is 12.2. The SMILES string of the molecule is C[Si](C)(C)OC(=O)CCCCCCCCCCC(CC(=O)O[Si](C)(C)C)O[Si](C)(C)C. The molecule has 0 bridgehead atoms. The molecule has 0 amide bonds. The van der Waals surface area contributed by atoms with Gasteiger partial charge in [0.15, 0.2) is 8.32 Å². The van der Waals surface area contributed by atoms with Crippen molar-refractivity contribution in [1.82, 2.24) is 0 Å². The van der Waals surface area contributed by atoms with E-state index in [0.717, 1.165) is 25.7 Å². The minimum Gasteiger partial charge on any atom is -0.520 e. The summed E-state index contributed by atoms with van der Waals surface area (Å²) in [5.41, 5.74) is 0. The number of carbonyl (C=O) groups excluding carboxylic acids is 2. The molecule has 0 aliphatic rings. The first-order chi connectivity index (χ1) is 14.1. The van der Waals surface area contributed by atoms with Crippen LogP contribution in [0.3, 0.4) is 0 Å². The van der Waals surface area contributed by atoms with Crippen molar-refractivity contribution >= 4 is 36.9 Å². The van der Waals surface area contributed by atoms with Crippen molar-refractivity contribution in [2.75, 3.05) is 0 Å². The average Bonchev–Trinajstić information content (AvgIpc) is 2.51.